The molecule has 0 radical (unpaired) electrons. The lowest BCUT2D eigenvalue weighted by atomic mass is 10.0. The Hall–Kier alpha value is 0.140. The fraction of sp³-hybridized carbons (Fsp3) is 0.600. The average Bonchev–Trinajstić information content (AvgIpc) is 2.31. The molecule has 0 aliphatic rings. The van der Waals surface area contributed by atoms with Gasteiger partial charge in [-0.1, -0.05) is 13.8 Å². The van der Waals surface area contributed by atoms with Gasteiger partial charge >= 0.3 is 0 Å². The largest absolute Gasteiger partial charge is 0.323 e. The van der Waals surface area contributed by atoms with Crippen LogP contribution in [0.4, 0.5) is 0 Å². The van der Waals surface area contributed by atoms with Crippen LogP contribution in [0, 0.1) is 12.8 Å². The summed E-state index contributed by atoms with van der Waals surface area (Å²) in [6.45, 7) is 6.51. The summed E-state index contributed by atoms with van der Waals surface area (Å²) in [6.07, 6.45) is 1.06. The zero-order valence-corrected chi connectivity index (χ0v) is 10.7. The molecule has 1 aromatic heterocycles. The number of nitrogens with two attached hydrogens (primary N) is 1. The van der Waals surface area contributed by atoms with E-state index in [0.717, 1.165) is 6.42 Å². The van der Waals surface area contributed by atoms with Gasteiger partial charge in [-0.15, -0.1) is 11.3 Å². The lowest BCUT2D eigenvalue weighted by Gasteiger charge is -2.11. The molecule has 0 bridgehead atoms. The molecule has 0 amide bonds. The smallest absolute Gasteiger partial charge is 0.0731 e. The molecule has 0 spiro atoms. The van der Waals surface area contributed by atoms with Crippen molar-refractivity contribution in [2.24, 2.45) is 11.7 Å². The highest BCUT2D eigenvalue weighted by molar-refractivity contribution is 9.11. The molecule has 3 heteroatoms. The zero-order valence-electron chi connectivity index (χ0n) is 8.30. The van der Waals surface area contributed by atoms with Crippen LogP contribution in [0.25, 0.3) is 0 Å². The Morgan fingerprint density at radius 2 is 2.15 bits per heavy atom. The molecule has 0 saturated heterocycles. The van der Waals surface area contributed by atoms with E-state index < -0.39 is 0 Å². The van der Waals surface area contributed by atoms with Crippen molar-refractivity contribution in [2.45, 2.75) is 33.2 Å². The Morgan fingerprint density at radius 1 is 1.54 bits per heavy atom. The molecule has 0 aromatic carbocycles. The van der Waals surface area contributed by atoms with Gasteiger partial charge < -0.3 is 5.73 Å². The Balaban J connectivity index is 2.71. The molecule has 1 aromatic rings. The van der Waals surface area contributed by atoms with Crippen LogP contribution in [0.1, 0.15) is 36.8 Å². The summed E-state index contributed by atoms with van der Waals surface area (Å²) in [5.41, 5.74) is 7.36. The second kappa shape index (κ2) is 4.58. The van der Waals surface area contributed by atoms with Gasteiger partial charge in [0, 0.05) is 10.9 Å². The van der Waals surface area contributed by atoms with E-state index in [1.54, 1.807) is 11.3 Å². The van der Waals surface area contributed by atoms with Gasteiger partial charge in [-0.05, 0) is 46.8 Å². The number of halogens is 1. The number of hydrogen-bond acceptors (Lipinski definition) is 2. The van der Waals surface area contributed by atoms with E-state index in [9.17, 15) is 0 Å². The van der Waals surface area contributed by atoms with E-state index in [1.165, 1.54) is 14.2 Å². The van der Waals surface area contributed by atoms with Crippen molar-refractivity contribution in [2.75, 3.05) is 0 Å². The predicted octanol–water partition coefficient (Wildman–Crippen LogP) is 3.86. The number of aryl methyl sites for hydroxylation is 1. The molecular weight excluding hydrogens is 246 g/mol. The third kappa shape index (κ3) is 3.08. The molecule has 1 nitrogen and oxygen atoms in total. The summed E-state index contributed by atoms with van der Waals surface area (Å²) < 4.78 is 1.21. The number of hydrogen-bond donors (Lipinski definition) is 1. The number of thiophene rings is 1. The van der Waals surface area contributed by atoms with E-state index in [4.69, 9.17) is 5.73 Å². The first-order valence-electron chi connectivity index (χ1n) is 4.52. The Kier molecular flexibility index (Phi) is 3.95. The molecular formula is C10H16BrNS. The molecule has 0 aliphatic carbocycles. The third-order valence-electron chi connectivity index (χ3n) is 1.97. The van der Waals surface area contributed by atoms with Gasteiger partial charge in [-0.25, -0.2) is 0 Å². The first-order valence-corrected chi connectivity index (χ1v) is 6.13. The van der Waals surface area contributed by atoms with Gasteiger partial charge in [0.25, 0.3) is 0 Å². The summed E-state index contributed by atoms with van der Waals surface area (Å²) >= 11 is 5.27. The summed E-state index contributed by atoms with van der Waals surface area (Å²) in [7, 11) is 0. The standard InChI is InChI=1S/C10H16BrNS/c1-6(2)4-8(12)9-5-7(3)10(11)13-9/h5-6,8H,4,12H2,1-3H3. The second-order valence-electron chi connectivity index (χ2n) is 3.84. The molecule has 0 aliphatic heterocycles. The third-order valence-corrected chi connectivity index (χ3v) is 4.24. The topological polar surface area (TPSA) is 26.0 Å². The van der Waals surface area contributed by atoms with Crippen molar-refractivity contribution in [1.29, 1.82) is 0 Å². The van der Waals surface area contributed by atoms with Crippen LogP contribution < -0.4 is 5.73 Å². The fourth-order valence-corrected chi connectivity index (χ4v) is 2.88. The maximum Gasteiger partial charge on any atom is 0.0731 e. The zero-order chi connectivity index (χ0) is 10.0. The molecule has 1 atom stereocenters. The van der Waals surface area contributed by atoms with Gasteiger partial charge in [-0.3, -0.25) is 0 Å². The lowest BCUT2D eigenvalue weighted by Crippen LogP contribution is -2.11. The Morgan fingerprint density at radius 3 is 2.54 bits per heavy atom. The fourth-order valence-electron chi connectivity index (χ4n) is 1.29. The van der Waals surface area contributed by atoms with Crippen molar-refractivity contribution in [3.63, 3.8) is 0 Å². The molecule has 0 saturated carbocycles. The van der Waals surface area contributed by atoms with Gasteiger partial charge in [0.2, 0.25) is 0 Å². The van der Waals surface area contributed by atoms with E-state index >= 15 is 0 Å². The minimum Gasteiger partial charge on any atom is -0.323 e. The number of rotatable bonds is 3. The van der Waals surface area contributed by atoms with Crippen LogP contribution in [-0.2, 0) is 0 Å². The van der Waals surface area contributed by atoms with Crippen LogP contribution >= 0.6 is 27.3 Å². The van der Waals surface area contributed by atoms with Crippen molar-refractivity contribution in [1.82, 2.24) is 0 Å². The van der Waals surface area contributed by atoms with Crippen molar-refractivity contribution >= 4 is 27.3 Å². The quantitative estimate of drug-likeness (QED) is 0.879. The SMILES string of the molecule is Cc1cc(C(N)CC(C)C)sc1Br. The maximum atomic E-state index is 6.07. The monoisotopic (exact) mass is 261 g/mol. The van der Waals surface area contributed by atoms with Crippen molar-refractivity contribution in [3.05, 3.63) is 20.3 Å². The highest BCUT2D eigenvalue weighted by Crippen LogP contribution is 2.32. The molecule has 2 N–H and O–H groups in total. The highest BCUT2D eigenvalue weighted by atomic mass is 79.9. The minimum absolute atomic E-state index is 0.204. The van der Waals surface area contributed by atoms with Gasteiger partial charge in [0.05, 0.1) is 3.79 Å². The maximum absolute atomic E-state index is 6.07. The van der Waals surface area contributed by atoms with Gasteiger partial charge in [0.1, 0.15) is 0 Å². The van der Waals surface area contributed by atoms with Crippen LogP contribution in [0.2, 0.25) is 0 Å². The molecule has 1 heterocycles. The van der Waals surface area contributed by atoms with Gasteiger partial charge in [-0.2, -0.15) is 0 Å². The summed E-state index contributed by atoms with van der Waals surface area (Å²) in [5, 5.41) is 0. The molecule has 74 valence electrons. The van der Waals surface area contributed by atoms with E-state index in [1.807, 2.05) is 0 Å². The second-order valence-corrected chi connectivity index (χ2v) is 6.24. The van der Waals surface area contributed by atoms with Crippen LogP contribution in [-0.4, -0.2) is 0 Å². The Bertz CT molecular complexity index is 261. The molecule has 0 fully saturated rings. The summed E-state index contributed by atoms with van der Waals surface area (Å²) in [4.78, 5) is 1.29. The highest BCUT2D eigenvalue weighted by Gasteiger charge is 2.12. The van der Waals surface area contributed by atoms with E-state index in [2.05, 4.69) is 42.8 Å². The minimum atomic E-state index is 0.204. The van der Waals surface area contributed by atoms with Crippen molar-refractivity contribution in [3.8, 4) is 0 Å². The molecule has 13 heavy (non-hydrogen) atoms. The van der Waals surface area contributed by atoms with E-state index in [-0.39, 0.29) is 6.04 Å². The normalized spacial score (nSPS) is 13.7. The summed E-state index contributed by atoms with van der Waals surface area (Å²) in [6, 6.07) is 2.39. The molecule has 1 rings (SSSR count). The first-order chi connectivity index (χ1) is 6.00. The lowest BCUT2D eigenvalue weighted by molar-refractivity contribution is 0.515. The predicted molar refractivity (Wildman–Crippen MR) is 63.1 cm³/mol. The van der Waals surface area contributed by atoms with Gasteiger partial charge in [0.15, 0.2) is 0 Å². The first kappa shape index (κ1) is 11.2. The Labute approximate surface area is 92.5 Å². The van der Waals surface area contributed by atoms with E-state index in [0.29, 0.717) is 5.92 Å². The van der Waals surface area contributed by atoms with Crippen molar-refractivity contribution < 1.29 is 0 Å². The van der Waals surface area contributed by atoms with Crippen LogP contribution in [0.3, 0.4) is 0 Å². The van der Waals surface area contributed by atoms with Crippen LogP contribution in [0.15, 0.2) is 9.85 Å². The summed E-state index contributed by atoms with van der Waals surface area (Å²) in [5.74, 6) is 0.663. The van der Waals surface area contributed by atoms with Crippen LogP contribution in [0.5, 0.6) is 0 Å². The molecule has 1 unspecified atom stereocenters. The average molecular weight is 262 g/mol.